The monoisotopic (exact) mass is 749 g/mol. The zero-order valence-corrected chi connectivity index (χ0v) is 27.3. The molecule has 3 aromatic rings. The number of amides is 1. The van der Waals surface area contributed by atoms with Gasteiger partial charge in [-0.2, -0.15) is 26.3 Å². The van der Waals surface area contributed by atoms with Crippen LogP contribution in [0.4, 0.5) is 37.8 Å². The molecule has 284 valence electrons. The van der Waals surface area contributed by atoms with E-state index in [2.05, 4.69) is 15.6 Å². The maximum atomic E-state index is 13.3. The van der Waals surface area contributed by atoms with Gasteiger partial charge in [0.05, 0.1) is 11.9 Å². The third-order valence-corrected chi connectivity index (χ3v) is 5.91. The third kappa shape index (κ3) is 14.6. The summed E-state index contributed by atoms with van der Waals surface area (Å²) in [6, 6.07) is 11.4. The van der Waals surface area contributed by atoms with Crippen molar-refractivity contribution < 1.29 is 65.6 Å². The minimum absolute atomic E-state index is 0.0523. The highest BCUT2D eigenvalue weighted by atomic mass is 19.4. The standard InChI is InChI=1S/C26H31N7O5.2C2HF3O2/c1-14(2)32-24-25(35)33(13-22(34)30-11-16-4-6-17(7-5-16)23(28)29)21(12-31-24)18-8-19(27)10-20(9-18)38-15(3)26(36)37;2*3-2(4,5)1(6)7/h4-10,12,14-15H,11,13,27H2,1-3H3,(H3,28,29)(H,30,34)(H,31,32)(H,36,37);2*(H,6,7). The van der Waals surface area contributed by atoms with Crippen molar-refractivity contribution in [2.75, 3.05) is 11.1 Å². The van der Waals surface area contributed by atoms with E-state index in [0.717, 1.165) is 5.56 Å². The van der Waals surface area contributed by atoms with Crippen LogP contribution >= 0.6 is 0 Å². The van der Waals surface area contributed by atoms with E-state index >= 15 is 0 Å². The molecule has 22 heteroatoms. The number of carbonyl (C=O) groups excluding carboxylic acids is 1. The van der Waals surface area contributed by atoms with Crippen molar-refractivity contribution in [2.45, 2.75) is 58.4 Å². The number of nitrogens with two attached hydrogens (primary N) is 2. The Morgan fingerprint density at radius 2 is 1.46 bits per heavy atom. The number of hydrogen-bond acceptors (Lipinski definition) is 10. The van der Waals surface area contributed by atoms with Crippen LogP contribution in [-0.2, 0) is 32.3 Å². The number of alkyl halides is 6. The van der Waals surface area contributed by atoms with E-state index in [4.69, 9.17) is 41.4 Å². The van der Waals surface area contributed by atoms with Crippen molar-refractivity contribution in [3.63, 3.8) is 0 Å². The molecule has 1 unspecified atom stereocenters. The van der Waals surface area contributed by atoms with E-state index in [-0.39, 0.29) is 42.2 Å². The van der Waals surface area contributed by atoms with Crippen LogP contribution in [0, 0.1) is 5.41 Å². The second-order valence-corrected chi connectivity index (χ2v) is 10.6. The Kier molecular flexibility index (Phi) is 15.6. The average Bonchev–Trinajstić information content (AvgIpc) is 3.01. The number of carboxylic acids is 3. The summed E-state index contributed by atoms with van der Waals surface area (Å²) in [5, 5.41) is 36.7. The molecule has 1 amide bonds. The highest BCUT2D eigenvalue weighted by Crippen LogP contribution is 2.28. The lowest BCUT2D eigenvalue weighted by Gasteiger charge is -2.17. The second-order valence-electron chi connectivity index (χ2n) is 10.6. The van der Waals surface area contributed by atoms with Gasteiger partial charge in [0, 0.05) is 35.5 Å². The molecule has 0 aliphatic heterocycles. The molecule has 0 aliphatic carbocycles. The Labute approximate surface area is 289 Å². The van der Waals surface area contributed by atoms with Crippen LogP contribution < -0.4 is 32.4 Å². The van der Waals surface area contributed by atoms with E-state index in [1.54, 1.807) is 30.3 Å². The van der Waals surface area contributed by atoms with Crippen LogP contribution in [0.1, 0.15) is 31.9 Å². The highest BCUT2D eigenvalue weighted by molar-refractivity contribution is 5.94. The molecule has 1 heterocycles. The number of rotatable bonds is 11. The SMILES string of the molecule is CC(C)Nc1ncc(-c2cc(N)cc(OC(C)C(=O)O)c2)n(CC(=O)NCc2ccc(C(=N)N)cc2)c1=O.O=C(O)C(F)(F)F.O=C(O)C(F)(F)F. The van der Waals surface area contributed by atoms with Crippen molar-refractivity contribution in [1.82, 2.24) is 14.9 Å². The molecular weight excluding hydrogens is 716 g/mol. The van der Waals surface area contributed by atoms with Crippen molar-refractivity contribution in [3.8, 4) is 17.0 Å². The van der Waals surface area contributed by atoms with E-state index in [1.807, 2.05) is 13.8 Å². The number of carbonyl (C=O) groups is 4. The topological polar surface area (TPSA) is 273 Å². The summed E-state index contributed by atoms with van der Waals surface area (Å²) in [5.74, 6) is -6.87. The largest absolute Gasteiger partial charge is 0.490 e. The zero-order chi connectivity index (χ0) is 40.1. The first kappa shape index (κ1) is 43.7. The first-order valence-corrected chi connectivity index (χ1v) is 14.3. The molecule has 0 fully saturated rings. The number of ether oxygens (including phenoxy) is 1. The van der Waals surface area contributed by atoms with Gasteiger partial charge in [-0.15, -0.1) is 0 Å². The number of nitrogen functional groups attached to an aromatic ring is 2. The van der Waals surface area contributed by atoms with Gasteiger partial charge >= 0.3 is 30.3 Å². The molecule has 0 bridgehead atoms. The number of aliphatic carboxylic acids is 3. The van der Waals surface area contributed by atoms with Gasteiger partial charge in [-0.3, -0.25) is 19.6 Å². The van der Waals surface area contributed by atoms with Crippen LogP contribution in [0.25, 0.3) is 11.3 Å². The summed E-state index contributed by atoms with van der Waals surface area (Å²) < 4.78 is 70.2. The molecule has 0 radical (unpaired) electrons. The van der Waals surface area contributed by atoms with Crippen molar-refractivity contribution in [2.24, 2.45) is 5.73 Å². The van der Waals surface area contributed by atoms with Crippen LogP contribution in [0.5, 0.6) is 5.75 Å². The molecule has 16 nitrogen and oxygen atoms in total. The molecule has 0 saturated heterocycles. The van der Waals surface area contributed by atoms with E-state index in [9.17, 15) is 45.8 Å². The Morgan fingerprint density at radius 1 is 0.942 bits per heavy atom. The number of amidine groups is 1. The number of hydrogen-bond donors (Lipinski definition) is 8. The number of nitrogens with one attached hydrogen (secondary N) is 3. The number of carboxylic acid groups (broad SMARTS) is 3. The summed E-state index contributed by atoms with van der Waals surface area (Å²) in [7, 11) is 0. The third-order valence-electron chi connectivity index (χ3n) is 5.91. The first-order chi connectivity index (χ1) is 23.8. The molecule has 52 heavy (non-hydrogen) atoms. The van der Waals surface area contributed by atoms with Gasteiger partial charge in [-0.1, -0.05) is 24.3 Å². The molecule has 3 rings (SSSR count). The summed E-state index contributed by atoms with van der Waals surface area (Å²) in [5.41, 5.74) is 13.3. The predicted octanol–water partition coefficient (Wildman–Crippen LogP) is 3.03. The zero-order valence-electron chi connectivity index (χ0n) is 27.3. The number of anilines is 2. The van der Waals surface area contributed by atoms with Gasteiger partial charge in [-0.25, -0.2) is 19.4 Å². The number of benzene rings is 2. The van der Waals surface area contributed by atoms with Crippen molar-refractivity contribution >= 4 is 41.2 Å². The fourth-order valence-electron chi connectivity index (χ4n) is 3.54. The molecular formula is C30H33F6N7O9. The fourth-order valence-corrected chi connectivity index (χ4v) is 3.54. The quantitative estimate of drug-likeness (QED) is 0.0607. The second kappa shape index (κ2) is 18.6. The Morgan fingerprint density at radius 3 is 1.90 bits per heavy atom. The summed E-state index contributed by atoms with van der Waals surface area (Å²) in [4.78, 5) is 59.5. The van der Waals surface area contributed by atoms with Crippen LogP contribution in [-0.4, -0.2) is 79.0 Å². The summed E-state index contributed by atoms with van der Waals surface area (Å²) in [6.07, 6.45) is -9.85. The maximum Gasteiger partial charge on any atom is 0.490 e. The van der Waals surface area contributed by atoms with E-state index in [1.165, 1.54) is 29.8 Å². The van der Waals surface area contributed by atoms with Crippen LogP contribution in [0.15, 0.2) is 53.5 Å². The summed E-state index contributed by atoms with van der Waals surface area (Å²) >= 11 is 0. The van der Waals surface area contributed by atoms with Crippen LogP contribution in [0.2, 0.25) is 0 Å². The maximum absolute atomic E-state index is 13.3. The van der Waals surface area contributed by atoms with Gasteiger partial charge in [0.2, 0.25) is 5.91 Å². The fraction of sp³-hybridized carbons (Fsp3) is 0.300. The minimum atomic E-state index is -5.08. The van der Waals surface area contributed by atoms with Gasteiger partial charge in [0.15, 0.2) is 11.9 Å². The van der Waals surface area contributed by atoms with E-state index < -0.39 is 47.8 Å². The lowest BCUT2D eigenvalue weighted by atomic mass is 10.1. The summed E-state index contributed by atoms with van der Waals surface area (Å²) in [6.45, 7) is 4.98. The predicted molar refractivity (Wildman–Crippen MR) is 172 cm³/mol. The Bertz CT molecular complexity index is 1790. The molecule has 0 aliphatic rings. The lowest BCUT2D eigenvalue weighted by molar-refractivity contribution is -0.193. The van der Waals surface area contributed by atoms with Gasteiger partial charge < -0.3 is 42.2 Å². The van der Waals surface area contributed by atoms with Crippen molar-refractivity contribution in [1.29, 1.82) is 5.41 Å². The Balaban J connectivity index is 0.000000812. The number of nitrogens with zero attached hydrogens (tertiary/aromatic N) is 2. The molecule has 0 saturated carbocycles. The first-order valence-electron chi connectivity index (χ1n) is 14.3. The number of aromatic nitrogens is 2. The molecule has 10 N–H and O–H groups in total. The smallest absolute Gasteiger partial charge is 0.479 e. The highest BCUT2D eigenvalue weighted by Gasteiger charge is 2.38. The van der Waals surface area contributed by atoms with Gasteiger partial charge in [0.1, 0.15) is 18.1 Å². The van der Waals surface area contributed by atoms with Crippen LogP contribution in [0.3, 0.4) is 0 Å². The molecule has 0 spiro atoms. The molecule has 1 atom stereocenters. The number of halogens is 6. The average molecular weight is 750 g/mol. The normalized spacial score (nSPS) is 11.5. The lowest BCUT2D eigenvalue weighted by Crippen LogP contribution is -2.35. The van der Waals surface area contributed by atoms with Gasteiger partial charge in [0.25, 0.3) is 5.56 Å². The van der Waals surface area contributed by atoms with E-state index in [0.29, 0.717) is 16.8 Å². The van der Waals surface area contributed by atoms with Crippen molar-refractivity contribution in [3.05, 3.63) is 70.1 Å². The minimum Gasteiger partial charge on any atom is -0.479 e. The molecule has 1 aromatic heterocycles. The van der Waals surface area contributed by atoms with Gasteiger partial charge in [-0.05, 0) is 38.5 Å². The Hall–Kier alpha value is -6.35. The molecule has 2 aromatic carbocycles.